The Kier molecular flexibility index (Phi) is 4.73. The summed E-state index contributed by atoms with van der Waals surface area (Å²) in [6, 6.07) is -0.533. The van der Waals surface area contributed by atoms with Crippen LogP contribution in [0.1, 0.15) is 33.6 Å². The van der Waals surface area contributed by atoms with Crippen molar-refractivity contribution in [2.45, 2.75) is 39.7 Å². The van der Waals surface area contributed by atoms with Gasteiger partial charge in [-0.3, -0.25) is 9.59 Å². The van der Waals surface area contributed by atoms with E-state index in [0.29, 0.717) is 13.1 Å². The van der Waals surface area contributed by atoms with Gasteiger partial charge in [-0.05, 0) is 18.3 Å². The van der Waals surface area contributed by atoms with Crippen LogP contribution in [0.3, 0.4) is 0 Å². The minimum absolute atomic E-state index is 0.0731. The molecule has 0 aliphatic carbocycles. The third-order valence-electron chi connectivity index (χ3n) is 3.47. The molecule has 0 spiro atoms. The highest BCUT2D eigenvalue weighted by molar-refractivity contribution is 5.83. The van der Waals surface area contributed by atoms with Crippen molar-refractivity contribution in [3.63, 3.8) is 0 Å². The van der Waals surface area contributed by atoms with Crippen LogP contribution in [0.4, 0.5) is 0 Å². The number of carbonyl (C=O) groups is 2. The minimum atomic E-state index is -0.533. The largest absolute Gasteiger partial charge is 0.469 e. The average Bonchev–Trinajstić information content (AvgIpc) is 2.35. The second-order valence-corrected chi connectivity index (χ2v) is 5.99. The van der Waals surface area contributed by atoms with Gasteiger partial charge in [-0.15, -0.1) is 0 Å². The molecule has 0 aromatic heterocycles. The first kappa shape index (κ1) is 15.0. The number of methoxy groups -OCH3 is 1. The van der Waals surface area contributed by atoms with Crippen LogP contribution in [0, 0.1) is 11.3 Å². The van der Waals surface area contributed by atoms with Crippen LogP contribution in [0.25, 0.3) is 0 Å². The quantitative estimate of drug-likeness (QED) is 0.741. The molecule has 1 rings (SSSR count). The van der Waals surface area contributed by atoms with E-state index in [2.05, 4.69) is 0 Å². The van der Waals surface area contributed by atoms with Gasteiger partial charge in [0.05, 0.1) is 19.1 Å². The minimum Gasteiger partial charge on any atom is -0.469 e. The first-order chi connectivity index (χ1) is 8.27. The van der Waals surface area contributed by atoms with Crippen LogP contribution in [-0.4, -0.2) is 43.0 Å². The monoisotopic (exact) mass is 256 g/mol. The van der Waals surface area contributed by atoms with Crippen molar-refractivity contribution in [1.29, 1.82) is 0 Å². The zero-order valence-corrected chi connectivity index (χ0v) is 11.7. The van der Waals surface area contributed by atoms with E-state index in [9.17, 15) is 9.59 Å². The zero-order chi connectivity index (χ0) is 13.9. The summed E-state index contributed by atoms with van der Waals surface area (Å²) in [5.74, 6) is -0.521. The molecule has 1 aliphatic heterocycles. The number of hydrogen-bond donors (Lipinski definition) is 1. The molecule has 1 aliphatic rings. The van der Waals surface area contributed by atoms with E-state index in [4.69, 9.17) is 10.5 Å². The molecule has 0 saturated carbocycles. The van der Waals surface area contributed by atoms with Gasteiger partial charge in [0, 0.05) is 13.1 Å². The lowest BCUT2D eigenvalue weighted by atomic mass is 9.86. The third kappa shape index (κ3) is 3.45. The molecule has 1 fully saturated rings. The Morgan fingerprint density at radius 2 is 2.00 bits per heavy atom. The van der Waals surface area contributed by atoms with Crippen LogP contribution < -0.4 is 5.73 Å². The van der Waals surface area contributed by atoms with E-state index in [1.54, 1.807) is 4.90 Å². The van der Waals surface area contributed by atoms with Gasteiger partial charge in [0.2, 0.25) is 5.91 Å². The zero-order valence-electron chi connectivity index (χ0n) is 11.7. The number of carbonyl (C=O) groups excluding carboxylic acids is 2. The topological polar surface area (TPSA) is 72.6 Å². The Labute approximate surface area is 109 Å². The molecular weight excluding hydrogens is 232 g/mol. The highest BCUT2D eigenvalue weighted by atomic mass is 16.5. The van der Waals surface area contributed by atoms with E-state index in [-0.39, 0.29) is 23.2 Å². The first-order valence-corrected chi connectivity index (χ1v) is 6.39. The number of rotatable bonds is 2. The molecule has 2 N–H and O–H groups in total. The lowest BCUT2D eigenvalue weighted by Crippen LogP contribution is -2.53. The summed E-state index contributed by atoms with van der Waals surface area (Å²) in [5, 5.41) is 0. The molecule has 1 saturated heterocycles. The number of hydrogen-bond acceptors (Lipinski definition) is 4. The van der Waals surface area contributed by atoms with Crippen LogP contribution >= 0.6 is 0 Å². The smallest absolute Gasteiger partial charge is 0.310 e. The lowest BCUT2D eigenvalue weighted by Gasteiger charge is -2.36. The van der Waals surface area contributed by atoms with E-state index < -0.39 is 6.04 Å². The van der Waals surface area contributed by atoms with Gasteiger partial charge >= 0.3 is 5.97 Å². The fraction of sp³-hybridized carbons (Fsp3) is 0.846. The van der Waals surface area contributed by atoms with E-state index >= 15 is 0 Å². The summed E-state index contributed by atoms with van der Waals surface area (Å²) in [7, 11) is 1.38. The molecule has 18 heavy (non-hydrogen) atoms. The maximum absolute atomic E-state index is 12.3. The maximum Gasteiger partial charge on any atom is 0.310 e. The molecule has 0 bridgehead atoms. The first-order valence-electron chi connectivity index (χ1n) is 6.39. The number of amides is 1. The van der Waals surface area contributed by atoms with E-state index in [0.717, 1.165) is 12.8 Å². The Morgan fingerprint density at radius 1 is 1.39 bits per heavy atom. The van der Waals surface area contributed by atoms with Crippen molar-refractivity contribution in [1.82, 2.24) is 4.90 Å². The van der Waals surface area contributed by atoms with Gasteiger partial charge < -0.3 is 15.4 Å². The molecule has 5 heteroatoms. The van der Waals surface area contributed by atoms with Crippen molar-refractivity contribution in [2.75, 3.05) is 20.2 Å². The Hall–Kier alpha value is -1.10. The second kappa shape index (κ2) is 5.69. The molecule has 2 atom stereocenters. The maximum atomic E-state index is 12.3. The number of nitrogens with two attached hydrogens (primary N) is 1. The van der Waals surface area contributed by atoms with Crippen LogP contribution in [0.5, 0.6) is 0 Å². The summed E-state index contributed by atoms with van der Waals surface area (Å²) < 4.78 is 4.74. The Bertz CT molecular complexity index is 323. The van der Waals surface area contributed by atoms with Gasteiger partial charge in [-0.25, -0.2) is 0 Å². The van der Waals surface area contributed by atoms with Gasteiger partial charge in [0.1, 0.15) is 0 Å². The summed E-state index contributed by atoms with van der Waals surface area (Å²) in [4.78, 5) is 25.5. The number of nitrogens with zero attached hydrogens (tertiary/aromatic N) is 1. The summed E-state index contributed by atoms with van der Waals surface area (Å²) in [5.41, 5.74) is 5.70. The molecule has 0 aromatic rings. The Morgan fingerprint density at radius 3 is 2.50 bits per heavy atom. The molecule has 0 aromatic carbocycles. The predicted octanol–water partition coefficient (Wildman–Crippen LogP) is 0.771. The van der Waals surface area contributed by atoms with Crippen molar-refractivity contribution in [3.8, 4) is 0 Å². The highest BCUT2D eigenvalue weighted by Gasteiger charge is 2.35. The standard InChI is InChI=1S/C13H24N2O3/c1-13(2,3)10(14)11(16)15-7-5-6-9(8-15)12(17)18-4/h9-10H,5-8,14H2,1-4H3. The summed E-state index contributed by atoms with van der Waals surface area (Å²) in [6.45, 7) is 6.93. The van der Waals surface area contributed by atoms with Gasteiger partial charge in [0.15, 0.2) is 0 Å². The van der Waals surface area contributed by atoms with Gasteiger partial charge in [0.25, 0.3) is 0 Å². The SMILES string of the molecule is COC(=O)C1CCCN(C(=O)C(N)C(C)(C)C)C1. The molecule has 0 radical (unpaired) electrons. The molecule has 1 heterocycles. The van der Waals surface area contributed by atoms with Crippen LogP contribution in [0.15, 0.2) is 0 Å². The van der Waals surface area contributed by atoms with Crippen LogP contribution in [0.2, 0.25) is 0 Å². The number of likely N-dealkylation sites (tertiary alicyclic amines) is 1. The number of piperidine rings is 1. The van der Waals surface area contributed by atoms with Crippen molar-refractivity contribution in [2.24, 2.45) is 17.1 Å². The molecule has 104 valence electrons. The molecule has 1 amide bonds. The summed E-state index contributed by atoms with van der Waals surface area (Å²) >= 11 is 0. The van der Waals surface area contributed by atoms with Gasteiger partial charge in [-0.2, -0.15) is 0 Å². The number of esters is 1. The number of ether oxygens (including phenoxy) is 1. The van der Waals surface area contributed by atoms with E-state index in [1.807, 2.05) is 20.8 Å². The Balaban J connectivity index is 2.67. The third-order valence-corrected chi connectivity index (χ3v) is 3.47. The van der Waals surface area contributed by atoms with Crippen molar-refractivity contribution in [3.05, 3.63) is 0 Å². The molecule has 5 nitrogen and oxygen atoms in total. The lowest BCUT2D eigenvalue weighted by molar-refractivity contribution is -0.149. The highest BCUT2D eigenvalue weighted by Crippen LogP contribution is 2.23. The fourth-order valence-corrected chi connectivity index (χ4v) is 2.10. The normalized spacial score (nSPS) is 22.5. The van der Waals surface area contributed by atoms with Gasteiger partial charge in [-0.1, -0.05) is 20.8 Å². The predicted molar refractivity (Wildman–Crippen MR) is 68.8 cm³/mol. The summed E-state index contributed by atoms with van der Waals surface area (Å²) in [6.07, 6.45) is 1.60. The van der Waals surface area contributed by atoms with Crippen molar-refractivity contribution >= 4 is 11.9 Å². The van der Waals surface area contributed by atoms with Crippen molar-refractivity contribution < 1.29 is 14.3 Å². The molecular formula is C13H24N2O3. The average molecular weight is 256 g/mol. The fourth-order valence-electron chi connectivity index (χ4n) is 2.10. The molecule has 2 unspecified atom stereocenters. The second-order valence-electron chi connectivity index (χ2n) is 5.99. The van der Waals surface area contributed by atoms with E-state index in [1.165, 1.54) is 7.11 Å². The van der Waals surface area contributed by atoms with Crippen LogP contribution in [-0.2, 0) is 14.3 Å².